The molecule has 33 heavy (non-hydrogen) atoms. The van der Waals surface area contributed by atoms with Crippen molar-refractivity contribution in [2.24, 2.45) is 0 Å². The van der Waals surface area contributed by atoms with E-state index in [1.165, 1.54) is 10.4 Å². The number of rotatable bonds is 9. The normalized spacial score (nSPS) is 14.3. The molecule has 5 heteroatoms. The maximum atomic E-state index is 13.1. The van der Waals surface area contributed by atoms with Crippen molar-refractivity contribution in [2.75, 3.05) is 13.2 Å². The van der Waals surface area contributed by atoms with Crippen LogP contribution in [0.15, 0.2) is 60.7 Å². The van der Waals surface area contributed by atoms with Gasteiger partial charge in [-0.05, 0) is 42.6 Å². The number of hydrogen-bond donors (Lipinski definition) is 0. The van der Waals surface area contributed by atoms with Crippen LogP contribution in [0.2, 0.25) is 5.04 Å². The van der Waals surface area contributed by atoms with Crippen LogP contribution in [0.4, 0.5) is 0 Å². The van der Waals surface area contributed by atoms with Crippen LogP contribution in [0.1, 0.15) is 48.0 Å². The Balaban J connectivity index is 2.41. The summed E-state index contributed by atoms with van der Waals surface area (Å²) in [4.78, 5) is 0. The molecule has 0 aromatic heterocycles. The van der Waals surface area contributed by atoms with Gasteiger partial charge in [0.2, 0.25) is 0 Å². The second-order valence-corrected chi connectivity index (χ2v) is 16.6. The molecule has 0 aliphatic carbocycles. The highest BCUT2D eigenvalue weighted by Crippen LogP contribution is 2.37. The molecule has 2 rings (SSSR count). The van der Waals surface area contributed by atoms with Crippen molar-refractivity contribution in [2.45, 2.75) is 63.8 Å². The Morgan fingerprint density at radius 3 is 1.79 bits per heavy atom. The van der Waals surface area contributed by atoms with E-state index in [4.69, 9.17) is 17.3 Å². The van der Waals surface area contributed by atoms with Gasteiger partial charge in [0.1, 0.15) is 11.0 Å². The lowest BCUT2D eigenvalue weighted by atomic mass is 10.2. The van der Waals surface area contributed by atoms with Crippen LogP contribution < -0.4 is 10.4 Å². The van der Waals surface area contributed by atoms with Crippen molar-refractivity contribution in [3.05, 3.63) is 60.7 Å². The first-order chi connectivity index (χ1) is 15.5. The fourth-order valence-electron chi connectivity index (χ4n) is 4.12. The molecule has 0 spiro atoms. The van der Waals surface area contributed by atoms with Gasteiger partial charge in [-0.15, -0.1) is 12.8 Å². The lowest BCUT2D eigenvalue weighted by Crippen LogP contribution is -2.66. The van der Waals surface area contributed by atoms with E-state index in [1.807, 2.05) is 32.9 Å². The number of nitrogens with zero attached hydrogens (tertiary/aromatic N) is 1. The second-order valence-electron chi connectivity index (χ2n) is 10.1. The van der Waals surface area contributed by atoms with Gasteiger partial charge in [0.15, 0.2) is 0 Å². The van der Waals surface area contributed by atoms with Crippen LogP contribution in [0.25, 0.3) is 0 Å². The van der Waals surface area contributed by atoms with Crippen LogP contribution in [0.3, 0.4) is 0 Å². The van der Waals surface area contributed by atoms with Crippen molar-refractivity contribution in [1.29, 1.82) is 0 Å². The van der Waals surface area contributed by atoms with Gasteiger partial charge in [0.25, 0.3) is 8.32 Å². The first-order valence-corrected chi connectivity index (χ1v) is 14.3. The van der Waals surface area contributed by atoms with Crippen molar-refractivity contribution in [1.82, 2.24) is 4.31 Å². The maximum absolute atomic E-state index is 13.1. The maximum Gasteiger partial charge on any atom is 0.261 e. The third-order valence-corrected chi connectivity index (χ3v) is 12.6. The molecule has 0 radical (unpaired) electrons. The van der Waals surface area contributed by atoms with Crippen molar-refractivity contribution < 1.29 is 8.63 Å². The zero-order chi connectivity index (χ0) is 24.7. The summed E-state index contributed by atoms with van der Waals surface area (Å²) in [6.07, 6.45) is 12.0. The molecule has 0 amide bonds. The highest BCUT2D eigenvalue weighted by molar-refractivity contribution is 7.84. The van der Waals surface area contributed by atoms with Gasteiger partial charge in [-0.3, -0.25) is 0 Å². The minimum atomic E-state index is -2.65. The van der Waals surface area contributed by atoms with Gasteiger partial charge in [-0.25, -0.2) is 4.21 Å². The topological polar surface area (TPSA) is 29.5 Å². The third-order valence-electron chi connectivity index (χ3n) is 5.65. The second kappa shape index (κ2) is 11.3. The molecule has 3 nitrogen and oxygen atoms in total. The Kier molecular flexibility index (Phi) is 9.29. The number of terminal acetylenes is 2. The minimum Gasteiger partial charge on any atom is -0.407 e. The van der Waals surface area contributed by atoms with Crippen LogP contribution in [0.5, 0.6) is 0 Å². The fourth-order valence-corrected chi connectivity index (χ4v) is 9.99. The molecule has 176 valence electrons. The minimum absolute atomic E-state index is 0.117. The summed E-state index contributed by atoms with van der Waals surface area (Å²) in [5, 5.41) is 2.33. The summed E-state index contributed by atoms with van der Waals surface area (Å²) in [6.45, 7) is 13.2. The summed E-state index contributed by atoms with van der Waals surface area (Å²) < 4.78 is 21.4. The van der Waals surface area contributed by atoms with Crippen molar-refractivity contribution in [3.8, 4) is 24.7 Å². The predicted octanol–water partition coefficient (Wildman–Crippen LogP) is 4.35. The van der Waals surface area contributed by atoms with E-state index in [0.29, 0.717) is 13.0 Å². The van der Waals surface area contributed by atoms with Gasteiger partial charge >= 0.3 is 0 Å². The average Bonchev–Trinajstić information content (AvgIpc) is 2.77. The lowest BCUT2D eigenvalue weighted by Gasteiger charge is -2.43. The molecule has 1 unspecified atom stereocenters. The lowest BCUT2D eigenvalue weighted by molar-refractivity contribution is 0.262. The molecule has 0 heterocycles. The molecule has 0 saturated heterocycles. The zero-order valence-corrected chi connectivity index (χ0v) is 22.6. The van der Waals surface area contributed by atoms with Gasteiger partial charge < -0.3 is 4.43 Å². The largest absolute Gasteiger partial charge is 0.407 e. The molecule has 0 bridgehead atoms. The first kappa shape index (κ1) is 27.1. The summed E-state index contributed by atoms with van der Waals surface area (Å²) in [7, 11) is -3.96. The number of benzene rings is 2. The first-order valence-electron chi connectivity index (χ1n) is 11.3. The summed E-state index contributed by atoms with van der Waals surface area (Å²) in [6, 6.07) is 20.6. The molecule has 0 aliphatic rings. The van der Waals surface area contributed by atoms with E-state index in [0.717, 1.165) is 0 Å². The third kappa shape index (κ3) is 6.25. The van der Waals surface area contributed by atoms with Gasteiger partial charge in [0.05, 0.1) is 17.3 Å². The Bertz CT molecular complexity index is 955. The standard InChI is InChI=1S/C28H37NO2SSi/c1-9-22-29(32(30)27(3,4)5)24(10-2)21-23-31-33(28(6,7)8,25-17-13-11-14-18-25)26-19-15-12-16-20-26/h1-2,11-20,24H,21-23H2,3-8H3/t24?,32-/m1/s1. The van der Waals surface area contributed by atoms with E-state index >= 15 is 0 Å². The molecule has 2 aromatic carbocycles. The van der Waals surface area contributed by atoms with E-state index in [-0.39, 0.29) is 17.6 Å². The quantitative estimate of drug-likeness (QED) is 0.395. The van der Waals surface area contributed by atoms with E-state index < -0.39 is 24.1 Å². The van der Waals surface area contributed by atoms with Crippen molar-refractivity contribution >= 4 is 29.7 Å². The summed E-state index contributed by atoms with van der Waals surface area (Å²) in [5.74, 6) is 5.44. The summed E-state index contributed by atoms with van der Waals surface area (Å²) in [5.41, 5.74) is 0. The molecule has 0 N–H and O–H groups in total. The zero-order valence-electron chi connectivity index (χ0n) is 20.8. The highest BCUT2D eigenvalue weighted by atomic mass is 32.2. The summed E-state index contributed by atoms with van der Waals surface area (Å²) >= 11 is 0. The fraction of sp³-hybridized carbons (Fsp3) is 0.429. The molecule has 0 fully saturated rings. The SMILES string of the molecule is C#CCN(C(C#C)CCO[Si](c1ccccc1)(c1ccccc1)C(C)(C)C)[S@](=O)C(C)(C)C. The van der Waals surface area contributed by atoms with E-state index in [1.54, 1.807) is 4.31 Å². The Hall–Kier alpha value is -2.15. The smallest absolute Gasteiger partial charge is 0.261 e. The van der Waals surface area contributed by atoms with Crippen molar-refractivity contribution in [3.63, 3.8) is 0 Å². The Labute approximate surface area is 204 Å². The number of hydrogen-bond acceptors (Lipinski definition) is 2. The van der Waals surface area contributed by atoms with Gasteiger partial charge in [0, 0.05) is 6.61 Å². The molecule has 0 saturated carbocycles. The predicted molar refractivity (Wildman–Crippen MR) is 144 cm³/mol. The molecule has 2 aromatic rings. The van der Waals surface area contributed by atoms with E-state index in [9.17, 15) is 4.21 Å². The van der Waals surface area contributed by atoms with Crippen LogP contribution in [-0.2, 0) is 15.4 Å². The Morgan fingerprint density at radius 2 is 1.42 bits per heavy atom. The van der Waals surface area contributed by atoms with Crippen LogP contribution >= 0.6 is 0 Å². The molecular weight excluding hydrogens is 442 g/mol. The van der Waals surface area contributed by atoms with Gasteiger partial charge in [-0.2, -0.15) is 4.31 Å². The van der Waals surface area contributed by atoms with E-state index in [2.05, 4.69) is 81.1 Å². The monoisotopic (exact) mass is 479 g/mol. The van der Waals surface area contributed by atoms with Crippen LogP contribution in [-0.4, -0.2) is 40.8 Å². The van der Waals surface area contributed by atoms with Gasteiger partial charge in [-0.1, -0.05) is 93.3 Å². The molecule has 2 atom stereocenters. The molecule has 0 aliphatic heterocycles. The average molecular weight is 480 g/mol. The highest BCUT2D eigenvalue weighted by Gasteiger charge is 2.50. The Morgan fingerprint density at radius 1 is 0.939 bits per heavy atom. The molecular formula is C28H37NO2SSi. The van der Waals surface area contributed by atoms with Crippen LogP contribution in [0, 0.1) is 24.7 Å².